The Labute approximate surface area is 124 Å². The van der Waals surface area contributed by atoms with Gasteiger partial charge in [0, 0.05) is 12.6 Å². The molecule has 1 aromatic heterocycles. The number of thioether (sulfide) groups is 1. The molecule has 0 saturated heterocycles. The van der Waals surface area contributed by atoms with Crippen molar-refractivity contribution >= 4 is 17.7 Å². The summed E-state index contributed by atoms with van der Waals surface area (Å²) in [4.78, 5) is 11.7. The summed E-state index contributed by atoms with van der Waals surface area (Å²) in [5.74, 6) is 0.357. The highest BCUT2D eigenvalue weighted by Crippen LogP contribution is 2.12. The molecular weight excluding hydrogens is 276 g/mol. The number of hydrogen-bond donors (Lipinski definition) is 2. The Kier molecular flexibility index (Phi) is 8.20. The Morgan fingerprint density at radius 2 is 2.20 bits per heavy atom. The van der Waals surface area contributed by atoms with E-state index in [1.54, 1.807) is 4.68 Å². The number of carbonyl (C=O) groups is 1. The van der Waals surface area contributed by atoms with E-state index in [0.29, 0.717) is 17.5 Å². The molecule has 0 spiro atoms. The molecule has 1 aromatic rings. The van der Waals surface area contributed by atoms with Crippen LogP contribution >= 0.6 is 11.8 Å². The Morgan fingerprint density at radius 1 is 1.40 bits per heavy atom. The van der Waals surface area contributed by atoms with E-state index in [2.05, 4.69) is 33.1 Å². The van der Waals surface area contributed by atoms with Crippen LogP contribution in [-0.2, 0) is 11.3 Å². The highest BCUT2D eigenvalue weighted by molar-refractivity contribution is 7.99. The predicted octanol–water partition coefficient (Wildman–Crippen LogP) is 0.680. The molecule has 0 aliphatic heterocycles. The van der Waals surface area contributed by atoms with Crippen LogP contribution in [0.5, 0.6) is 0 Å². The predicted molar refractivity (Wildman–Crippen MR) is 79.6 cm³/mol. The molecule has 114 valence electrons. The van der Waals surface area contributed by atoms with Gasteiger partial charge in [0.1, 0.15) is 0 Å². The second-order valence-corrected chi connectivity index (χ2v) is 5.54. The lowest BCUT2D eigenvalue weighted by molar-refractivity contribution is -0.119. The largest absolute Gasteiger partial charge is 0.353 e. The first kappa shape index (κ1) is 16.9. The average Bonchev–Trinajstić information content (AvgIpc) is 2.88. The summed E-state index contributed by atoms with van der Waals surface area (Å²) >= 11 is 1.37. The number of rotatable bonds is 10. The van der Waals surface area contributed by atoms with Crippen molar-refractivity contribution in [3.8, 4) is 0 Å². The monoisotopic (exact) mass is 300 g/mol. The number of hydrogen-bond acceptors (Lipinski definition) is 6. The lowest BCUT2D eigenvalue weighted by Crippen LogP contribution is -2.33. The highest BCUT2D eigenvalue weighted by atomic mass is 32.2. The van der Waals surface area contributed by atoms with Gasteiger partial charge in [-0.1, -0.05) is 25.6 Å². The maximum absolute atomic E-state index is 11.7. The number of amides is 1. The number of nitrogens with zero attached hydrogens (tertiary/aromatic N) is 4. The first-order chi connectivity index (χ1) is 9.67. The summed E-state index contributed by atoms with van der Waals surface area (Å²) in [5, 5.41) is 18.4. The first-order valence-corrected chi connectivity index (χ1v) is 8.05. The van der Waals surface area contributed by atoms with E-state index < -0.39 is 0 Å². The van der Waals surface area contributed by atoms with Crippen molar-refractivity contribution in [1.29, 1.82) is 0 Å². The molecule has 0 aliphatic rings. The molecule has 8 heteroatoms. The van der Waals surface area contributed by atoms with Crippen molar-refractivity contribution in [2.75, 3.05) is 18.8 Å². The highest BCUT2D eigenvalue weighted by Gasteiger charge is 2.10. The molecule has 1 rings (SSSR count). The van der Waals surface area contributed by atoms with Crippen molar-refractivity contribution in [3.63, 3.8) is 0 Å². The quantitative estimate of drug-likeness (QED) is 0.488. The molecule has 0 aromatic carbocycles. The average molecular weight is 300 g/mol. The van der Waals surface area contributed by atoms with Gasteiger partial charge >= 0.3 is 0 Å². The van der Waals surface area contributed by atoms with E-state index in [9.17, 15) is 4.79 Å². The van der Waals surface area contributed by atoms with Gasteiger partial charge in [-0.05, 0) is 36.7 Å². The van der Waals surface area contributed by atoms with Crippen LogP contribution in [0.15, 0.2) is 5.16 Å². The third-order valence-corrected chi connectivity index (χ3v) is 3.74. The fourth-order valence-electron chi connectivity index (χ4n) is 1.48. The Hall–Kier alpha value is -1.15. The Bertz CT molecular complexity index is 397. The molecule has 0 aliphatic carbocycles. The minimum Gasteiger partial charge on any atom is -0.353 e. The van der Waals surface area contributed by atoms with Crippen molar-refractivity contribution in [2.24, 2.45) is 0 Å². The summed E-state index contributed by atoms with van der Waals surface area (Å²) in [5.41, 5.74) is 0. The van der Waals surface area contributed by atoms with Crippen LogP contribution in [0, 0.1) is 0 Å². The van der Waals surface area contributed by atoms with Gasteiger partial charge in [-0.3, -0.25) is 4.79 Å². The lowest BCUT2D eigenvalue weighted by Gasteiger charge is -2.10. The number of carbonyl (C=O) groups excluding carboxylic acids is 1. The van der Waals surface area contributed by atoms with Crippen LogP contribution in [0.1, 0.15) is 33.6 Å². The van der Waals surface area contributed by atoms with Crippen LogP contribution in [0.4, 0.5) is 0 Å². The molecular formula is C12H24N6OS. The van der Waals surface area contributed by atoms with E-state index in [1.165, 1.54) is 11.8 Å². The minimum absolute atomic E-state index is 0.0167. The molecule has 7 nitrogen and oxygen atoms in total. The van der Waals surface area contributed by atoms with Gasteiger partial charge in [0.25, 0.3) is 0 Å². The summed E-state index contributed by atoms with van der Waals surface area (Å²) in [6.07, 6.45) is 2.03. The van der Waals surface area contributed by atoms with E-state index in [-0.39, 0.29) is 11.9 Å². The fourth-order valence-corrected chi connectivity index (χ4v) is 2.19. The number of aromatic nitrogens is 4. The minimum atomic E-state index is 0.0167. The second kappa shape index (κ2) is 9.71. The molecule has 0 bridgehead atoms. The van der Waals surface area contributed by atoms with Crippen molar-refractivity contribution in [3.05, 3.63) is 0 Å². The Balaban J connectivity index is 2.33. The van der Waals surface area contributed by atoms with Crippen molar-refractivity contribution < 1.29 is 4.79 Å². The zero-order valence-electron chi connectivity index (χ0n) is 12.4. The summed E-state index contributed by atoms with van der Waals surface area (Å²) in [7, 11) is 0. The zero-order chi connectivity index (χ0) is 14.8. The van der Waals surface area contributed by atoms with Crippen LogP contribution in [0.25, 0.3) is 0 Å². The van der Waals surface area contributed by atoms with Crippen molar-refractivity contribution in [1.82, 2.24) is 30.8 Å². The molecule has 0 radical (unpaired) electrons. The molecule has 1 heterocycles. The molecule has 20 heavy (non-hydrogen) atoms. The van der Waals surface area contributed by atoms with Crippen LogP contribution < -0.4 is 10.6 Å². The lowest BCUT2D eigenvalue weighted by atomic mass is 10.3. The molecule has 1 atom stereocenters. The van der Waals surface area contributed by atoms with Gasteiger partial charge in [-0.25, -0.2) is 4.68 Å². The number of tetrazole rings is 1. The zero-order valence-corrected chi connectivity index (χ0v) is 13.2. The standard InChI is InChI=1S/C12H24N6OS/c1-4-6-13-7-8-18-12(15-16-17-18)20-9-11(19)14-10(3)5-2/h10,13H,4-9H2,1-3H3,(H,14,19). The van der Waals surface area contributed by atoms with E-state index in [0.717, 1.165) is 25.9 Å². The van der Waals surface area contributed by atoms with Gasteiger partial charge in [0.15, 0.2) is 0 Å². The third kappa shape index (κ3) is 6.33. The smallest absolute Gasteiger partial charge is 0.230 e. The van der Waals surface area contributed by atoms with E-state index >= 15 is 0 Å². The van der Waals surface area contributed by atoms with Gasteiger partial charge < -0.3 is 10.6 Å². The molecule has 0 fully saturated rings. The van der Waals surface area contributed by atoms with Gasteiger partial charge in [-0.15, -0.1) is 5.10 Å². The van der Waals surface area contributed by atoms with Gasteiger partial charge in [-0.2, -0.15) is 0 Å². The van der Waals surface area contributed by atoms with Gasteiger partial charge in [0.2, 0.25) is 11.1 Å². The normalized spacial score (nSPS) is 12.3. The third-order valence-electron chi connectivity index (χ3n) is 2.78. The van der Waals surface area contributed by atoms with Crippen molar-refractivity contribution in [2.45, 2.75) is 51.4 Å². The summed E-state index contributed by atoms with van der Waals surface area (Å²) < 4.78 is 1.73. The summed E-state index contributed by atoms with van der Waals surface area (Å²) in [6, 6.07) is 0.206. The summed E-state index contributed by atoms with van der Waals surface area (Å²) in [6.45, 7) is 8.69. The second-order valence-electron chi connectivity index (χ2n) is 4.60. The Morgan fingerprint density at radius 3 is 2.90 bits per heavy atom. The van der Waals surface area contributed by atoms with Gasteiger partial charge in [0.05, 0.1) is 12.3 Å². The van der Waals surface area contributed by atoms with E-state index in [4.69, 9.17) is 0 Å². The van der Waals surface area contributed by atoms with E-state index in [1.807, 2.05) is 13.8 Å². The first-order valence-electron chi connectivity index (χ1n) is 7.06. The number of nitrogens with one attached hydrogen (secondary N) is 2. The SMILES string of the molecule is CCCNCCn1nnnc1SCC(=O)NC(C)CC. The van der Waals surface area contributed by atoms with Crippen LogP contribution in [0.2, 0.25) is 0 Å². The molecule has 0 saturated carbocycles. The maximum Gasteiger partial charge on any atom is 0.230 e. The fraction of sp³-hybridized carbons (Fsp3) is 0.833. The van der Waals surface area contributed by atoms with Crippen LogP contribution in [0.3, 0.4) is 0 Å². The molecule has 1 amide bonds. The molecule has 1 unspecified atom stereocenters. The topological polar surface area (TPSA) is 84.7 Å². The molecule has 2 N–H and O–H groups in total. The maximum atomic E-state index is 11.7. The van der Waals surface area contributed by atoms with Crippen LogP contribution in [-0.4, -0.2) is 51.0 Å².